The lowest BCUT2D eigenvalue weighted by atomic mass is 10.2. The third-order valence-electron chi connectivity index (χ3n) is 3.87. The van der Waals surface area contributed by atoms with Gasteiger partial charge in [-0.2, -0.15) is 4.31 Å². The summed E-state index contributed by atoms with van der Waals surface area (Å²) in [4.78, 5) is 2.80. The predicted octanol–water partition coefficient (Wildman–Crippen LogP) is 2.10. The summed E-state index contributed by atoms with van der Waals surface area (Å²) < 4.78 is 26.9. The van der Waals surface area contributed by atoms with Gasteiger partial charge in [-0.1, -0.05) is 31.5 Å². The molecule has 5 heteroatoms. The molecule has 0 radical (unpaired) electrons. The van der Waals surface area contributed by atoms with Crippen molar-refractivity contribution in [1.82, 2.24) is 9.21 Å². The van der Waals surface area contributed by atoms with Crippen molar-refractivity contribution in [3.63, 3.8) is 0 Å². The van der Waals surface area contributed by atoms with Gasteiger partial charge in [0.05, 0.1) is 4.90 Å². The number of nitrogens with zero attached hydrogens (tertiary/aromatic N) is 2. The third-order valence-corrected chi connectivity index (χ3v) is 5.93. The van der Waals surface area contributed by atoms with Crippen LogP contribution in [0.5, 0.6) is 0 Å². The van der Waals surface area contributed by atoms with Crippen LogP contribution in [-0.2, 0) is 10.0 Å². The summed E-state index contributed by atoms with van der Waals surface area (Å²) in [6.07, 6.45) is 2.37. The lowest BCUT2D eigenvalue weighted by Gasteiger charge is -2.34. The number of hydrogen-bond acceptors (Lipinski definition) is 3. The van der Waals surface area contributed by atoms with Gasteiger partial charge in [-0.25, -0.2) is 8.42 Å². The Labute approximate surface area is 122 Å². The molecule has 1 aromatic rings. The molecule has 1 aromatic carbocycles. The quantitative estimate of drug-likeness (QED) is 0.835. The first-order valence-corrected chi connectivity index (χ1v) is 8.78. The van der Waals surface area contributed by atoms with Crippen LogP contribution in [0.25, 0.3) is 0 Å². The van der Waals surface area contributed by atoms with E-state index in [9.17, 15) is 8.42 Å². The van der Waals surface area contributed by atoms with Crippen LogP contribution < -0.4 is 0 Å². The summed E-state index contributed by atoms with van der Waals surface area (Å²) >= 11 is 0. The second kappa shape index (κ2) is 6.70. The molecule has 4 nitrogen and oxygen atoms in total. The zero-order valence-corrected chi connectivity index (χ0v) is 13.2. The van der Waals surface area contributed by atoms with Crippen LogP contribution >= 0.6 is 0 Å². The van der Waals surface area contributed by atoms with E-state index in [0.29, 0.717) is 18.0 Å². The van der Waals surface area contributed by atoms with E-state index in [0.717, 1.165) is 25.2 Å². The highest BCUT2D eigenvalue weighted by atomic mass is 32.2. The van der Waals surface area contributed by atoms with Gasteiger partial charge in [0.15, 0.2) is 0 Å². The fraction of sp³-hybridized carbons (Fsp3) is 0.600. The van der Waals surface area contributed by atoms with E-state index in [1.54, 1.807) is 16.4 Å². The topological polar surface area (TPSA) is 40.6 Å². The molecule has 0 amide bonds. The SMILES string of the molecule is CCCCN1CCN(S(=O)(=O)c2ccccc2C)CC1. The first kappa shape index (κ1) is 15.5. The number of piperazine rings is 1. The average molecular weight is 296 g/mol. The van der Waals surface area contributed by atoms with E-state index >= 15 is 0 Å². The molecule has 1 heterocycles. The molecule has 0 bridgehead atoms. The third kappa shape index (κ3) is 3.40. The Bertz CT molecular complexity index is 535. The minimum Gasteiger partial charge on any atom is -0.301 e. The molecule has 0 unspecified atom stereocenters. The van der Waals surface area contributed by atoms with Gasteiger partial charge in [0, 0.05) is 26.2 Å². The zero-order chi connectivity index (χ0) is 14.6. The largest absolute Gasteiger partial charge is 0.301 e. The number of sulfonamides is 1. The highest BCUT2D eigenvalue weighted by Crippen LogP contribution is 2.20. The van der Waals surface area contributed by atoms with E-state index in [-0.39, 0.29) is 0 Å². The number of aryl methyl sites for hydroxylation is 1. The first-order chi connectivity index (χ1) is 9.55. The second-order valence-corrected chi connectivity index (χ2v) is 7.27. The predicted molar refractivity (Wildman–Crippen MR) is 81.3 cm³/mol. The van der Waals surface area contributed by atoms with Gasteiger partial charge in [-0.3, -0.25) is 0 Å². The maximum absolute atomic E-state index is 12.6. The van der Waals surface area contributed by atoms with Crippen molar-refractivity contribution in [1.29, 1.82) is 0 Å². The fourth-order valence-electron chi connectivity index (χ4n) is 2.56. The van der Waals surface area contributed by atoms with Crippen molar-refractivity contribution in [2.45, 2.75) is 31.6 Å². The molecular formula is C15H24N2O2S. The molecule has 0 aliphatic carbocycles. The minimum absolute atomic E-state index is 0.446. The van der Waals surface area contributed by atoms with E-state index in [2.05, 4.69) is 11.8 Å². The molecular weight excluding hydrogens is 272 g/mol. The maximum atomic E-state index is 12.6. The zero-order valence-electron chi connectivity index (χ0n) is 12.4. The summed E-state index contributed by atoms with van der Waals surface area (Å²) in [7, 11) is -3.33. The van der Waals surface area contributed by atoms with Gasteiger partial charge in [0.25, 0.3) is 0 Å². The molecule has 1 saturated heterocycles. The lowest BCUT2D eigenvalue weighted by Crippen LogP contribution is -2.48. The van der Waals surface area contributed by atoms with Gasteiger partial charge in [0.1, 0.15) is 0 Å². The molecule has 0 atom stereocenters. The van der Waals surface area contributed by atoms with Crippen LogP contribution in [0, 0.1) is 6.92 Å². The Balaban J connectivity index is 2.04. The molecule has 0 saturated carbocycles. The van der Waals surface area contributed by atoms with Crippen LogP contribution in [0.4, 0.5) is 0 Å². The minimum atomic E-state index is -3.33. The van der Waals surface area contributed by atoms with Gasteiger partial charge >= 0.3 is 0 Å². The van der Waals surface area contributed by atoms with Crippen molar-refractivity contribution in [2.24, 2.45) is 0 Å². The number of benzene rings is 1. The molecule has 1 aliphatic rings. The Morgan fingerprint density at radius 2 is 1.75 bits per heavy atom. The number of hydrogen-bond donors (Lipinski definition) is 0. The molecule has 1 aliphatic heterocycles. The highest BCUT2D eigenvalue weighted by Gasteiger charge is 2.28. The normalized spacial score (nSPS) is 18.3. The molecule has 2 rings (SSSR count). The van der Waals surface area contributed by atoms with Crippen molar-refractivity contribution in [3.8, 4) is 0 Å². The van der Waals surface area contributed by atoms with Gasteiger partial charge in [0.2, 0.25) is 10.0 Å². The first-order valence-electron chi connectivity index (χ1n) is 7.34. The van der Waals surface area contributed by atoms with Crippen LogP contribution in [0.3, 0.4) is 0 Å². The number of unbranched alkanes of at least 4 members (excludes halogenated alkanes) is 1. The Morgan fingerprint density at radius 3 is 2.35 bits per heavy atom. The summed E-state index contributed by atoms with van der Waals surface area (Å²) in [5.74, 6) is 0. The van der Waals surface area contributed by atoms with E-state index in [1.807, 2.05) is 19.1 Å². The Kier molecular flexibility index (Phi) is 5.18. The van der Waals surface area contributed by atoms with Crippen molar-refractivity contribution in [3.05, 3.63) is 29.8 Å². The average Bonchev–Trinajstić information content (AvgIpc) is 2.46. The van der Waals surface area contributed by atoms with Gasteiger partial charge in [-0.15, -0.1) is 0 Å². The van der Waals surface area contributed by atoms with E-state index < -0.39 is 10.0 Å². The van der Waals surface area contributed by atoms with Crippen molar-refractivity contribution in [2.75, 3.05) is 32.7 Å². The molecule has 20 heavy (non-hydrogen) atoms. The van der Waals surface area contributed by atoms with Crippen LogP contribution in [-0.4, -0.2) is 50.3 Å². The lowest BCUT2D eigenvalue weighted by molar-refractivity contribution is 0.186. The summed E-state index contributed by atoms with van der Waals surface area (Å²) in [6, 6.07) is 7.22. The molecule has 1 fully saturated rings. The number of rotatable bonds is 5. The van der Waals surface area contributed by atoms with Gasteiger partial charge in [-0.05, 0) is 31.5 Å². The van der Waals surface area contributed by atoms with Crippen LogP contribution in [0.2, 0.25) is 0 Å². The fourth-order valence-corrected chi connectivity index (χ4v) is 4.21. The van der Waals surface area contributed by atoms with Gasteiger partial charge < -0.3 is 4.90 Å². The molecule has 0 spiro atoms. The monoisotopic (exact) mass is 296 g/mol. The molecule has 112 valence electrons. The van der Waals surface area contributed by atoms with Crippen LogP contribution in [0.15, 0.2) is 29.2 Å². The summed E-state index contributed by atoms with van der Waals surface area (Å²) in [6.45, 7) is 7.98. The highest BCUT2D eigenvalue weighted by molar-refractivity contribution is 7.89. The van der Waals surface area contributed by atoms with Crippen molar-refractivity contribution < 1.29 is 8.42 Å². The molecule has 0 aromatic heterocycles. The second-order valence-electron chi connectivity index (χ2n) is 5.36. The standard InChI is InChI=1S/C15H24N2O2S/c1-3-4-9-16-10-12-17(13-11-16)20(18,19)15-8-6-5-7-14(15)2/h5-8H,3-4,9-13H2,1-2H3. The maximum Gasteiger partial charge on any atom is 0.243 e. The van der Waals surface area contributed by atoms with Crippen LogP contribution in [0.1, 0.15) is 25.3 Å². The van der Waals surface area contributed by atoms with Crippen molar-refractivity contribution >= 4 is 10.0 Å². The Hall–Kier alpha value is -0.910. The summed E-state index contributed by atoms with van der Waals surface area (Å²) in [5.41, 5.74) is 0.820. The van der Waals surface area contributed by atoms with E-state index in [4.69, 9.17) is 0 Å². The summed E-state index contributed by atoms with van der Waals surface area (Å²) in [5, 5.41) is 0. The Morgan fingerprint density at radius 1 is 1.10 bits per heavy atom. The molecule has 0 N–H and O–H groups in total. The van der Waals surface area contributed by atoms with E-state index in [1.165, 1.54) is 12.8 Å². The smallest absolute Gasteiger partial charge is 0.243 e.